The zero-order valence-corrected chi connectivity index (χ0v) is 24.7. The highest BCUT2D eigenvalue weighted by molar-refractivity contribution is 9.10. The number of nitrogens with one attached hydrogen (secondary N) is 2. The molecule has 1 amide bonds. The van der Waals surface area contributed by atoms with Crippen LogP contribution < -0.4 is 16.4 Å². The van der Waals surface area contributed by atoms with Gasteiger partial charge in [-0.3, -0.25) is 4.79 Å². The zero-order chi connectivity index (χ0) is 27.9. The second kappa shape index (κ2) is 11.1. The van der Waals surface area contributed by atoms with Crippen molar-refractivity contribution in [3.8, 4) is 0 Å². The van der Waals surface area contributed by atoms with Gasteiger partial charge in [-0.25, -0.2) is 14.4 Å². The van der Waals surface area contributed by atoms with Gasteiger partial charge < -0.3 is 25.8 Å². The van der Waals surface area contributed by atoms with E-state index in [9.17, 15) is 4.79 Å². The number of halogens is 3. The van der Waals surface area contributed by atoms with Gasteiger partial charge in [0.25, 0.3) is 0 Å². The Bertz CT molecular complexity index is 1160. The highest BCUT2D eigenvalue weighted by atomic mass is 79.9. The summed E-state index contributed by atoms with van der Waals surface area (Å²) < 4.78 is 27.7. The van der Waals surface area contributed by atoms with Gasteiger partial charge in [-0.1, -0.05) is 44.5 Å². The van der Waals surface area contributed by atoms with E-state index in [2.05, 4.69) is 57.3 Å². The third kappa shape index (κ3) is 6.21. The second-order valence-electron chi connectivity index (χ2n) is 11.8. The largest absolute Gasteiger partial charge is 0.355 e. The van der Waals surface area contributed by atoms with Crippen LogP contribution in [0.4, 0.5) is 4.39 Å². The third-order valence-electron chi connectivity index (χ3n) is 7.06. The molecule has 2 aliphatic rings. The van der Waals surface area contributed by atoms with Crippen molar-refractivity contribution in [3.05, 3.63) is 57.3 Å². The van der Waals surface area contributed by atoms with Gasteiger partial charge in [0, 0.05) is 30.9 Å². The highest BCUT2D eigenvalue weighted by Gasteiger charge is 2.59. The summed E-state index contributed by atoms with van der Waals surface area (Å²) in [4.78, 5) is 22.7. The van der Waals surface area contributed by atoms with Crippen molar-refractivity contribution in [1.82, 2.24) is 20.6 Å². The molecule has 1 aromatic heterocycles. The summed E-state index contributed by atoms with van der Waals surface area (Å²) in [5.74, 6) is -2.06. The van der Waals surface area contributed by atoms with E-state index < -0.39 is 35.1 Å². The van der Waals surface area contributed by atoms with Crippen LogP contribution >= 0.6 is 27.5 Å². The Morgan fingerprint density at radius 2 is 2.00 bits per heavy atom. The number of carbonyl (C=O) groups excluding carboxylic acids is 1. The Kier molecular flexibility index (Phi) is 8.53. The minimum absolute atomic E-state index is 0.0407. The van der Waals surface area contributed by atoms with Crippen LogP contribution in [0.5, 0.6) is 0 Å². The summed E-state index contributed by atoms with van der Waals surface area (Å²) in [6.07, 6.45) is 4.26. The number of aromatic nitrogens is 2. The number of hydrogen-bond acceptors (Lipinski definition) is 7. The summed E-state index contributed by atoms with van der Waals surface area (Å²) in [5, 5.41) is 6.40. The van der Waals surface area contributed by atoms with Crippen molar-refractivity contribution < 1.29 is 18.7 Å². The molecular weight excluding hydrogens is 577 g/mol. The van der Waals surface area contributed by atoms with Gasteiger partial charge in [0.15, 0.2) is 5.79 Å². The summed E-state index contributed by atoms with van der Waals surface area (Å²) >= 11 is 9.57. The first-order chi connectivity index (χ1) is 17.7. The van der Waals surface area contributed by atoms with Crippen LogP contribution in [0, 0.1) is 11.2 Å². The molecule has 0 radical (unpaired) electrons. The summed E-state index contributed by atoms with van der Waals surface area (Å²) in [7, 11) is 0. The number of amides is 1. The number of ether oxygens (including phenoxy) is 2. The smallest absolute Gasteiger partial charge is 0.237 e. The topological polar surface area (TPSA) is 111 Å². The lowest BCUT2D eigenvalue weighted by Gasteiger charge is -2.37. The maximum absolute atomic E-state index is 15.6. The van der Waals surface area contributed by atoms with Gasteiger partial charge in [-0.05, 0) is 59.7 Å². The Balaban J connectivity index is 1.70. The van der Waals surface area contributed by atoms with E-state index in [1.54, 1.807) is 24.5 Å². The molecule has 4 N–H and O–H groups in total. The number of nitrogens with two attached hydrogens (primary N) is 1. The molecule has 0 saturated carbocycles. The maximum Gasteiger partial charge on any atom is 0.237 e. The van der Waals surface area contributed by atoms with Crippen LogP contribution in [-0.4, -0.2) is 53.0 Å². The van der Waals surface area contributed by atoms with Crippen LogP contribution in [0.2, 0.25) is 5.02 Å². The summed E-state index contributed by atoms with van der Waals surface area (Å²) in [6.45, 7) is 10.8. The Morgan fingerprint density at radius 3 is 2.61 bits per heavy atom. The number of rotatable bonds is 7. The standard InChI is InChI=1S/C27H36BrClFN5O3/c1-25(2,3)11-19-27(31,24-33-12-15(28)13-34-24)20(17-7-6-8-18(29)21(17)30)22(35-19)23(36)32-10-9-16-14-37-26(4,5)38-16/h6-8,12-13,16,19-20,22,35H,9-11,14,31H2,1-5H3,(H,32,36)/t16-,19-,20-,22+,27+/m0/s1. The molecule has 0 unspecified atom stereocenters. The minimum atomic E-state index is -1.31. The molecule has 8 nitrogen and oxygen atoms in total. The van der Waals surface area contributed by atoms with Crippen molar-refractivity contribution >= 4 is 33.4 Å². The fourth-order valence-corrected chi connectivity index (χ4v) is 5.80. The first-order valence-electron chi connectivity index (χ1n) is 12.8. The van der Waals surface area contributed by atoms with Gasteiger partial charge in [0.1, 0.15) is 17.2 Å². The van der Waals surface area contributed by atoms with Crippen molar-refractivity contribution in [3.63, 3.8) is 0 Å². The second-order valence-corrected chi connectivity index (χ2v) is 13.1. The molecule has 0 bridgehead atoms. The molecule has 5 atom stereocenters. The monoisotopic (exact) mass is 611 g/mol. The van der Waals surface area contributed by atoms with E-state index >= 15 is 4.39 Å². The Morgan fingerprint density at radius 1 is 1.32 bits per heavy atom. The first kappa shape index (κ1) is 29.3. The maximum atomic E-state index is 15.6. The number of carbonyl (C=O) groups is 1. The lowest BCUT2D eigenvalue weighted by atomic mass is 9.71. The van der Waals surface area contributed by atoms with Gasteiger partial charge in [-0.15, -0.1) is 0 Å². The molecule has 4 rings (SSSR count). The average molecular weight is 613 g/mol. The van der Waals surface area contributed by atoms with Crippen LogP contribution in [0.25, 0.3) is 0 Å². The highest BCUT2D eigenvalue weighted by Crippen LogP contribution is 2.48. The van der Waals surface area contributed by atoms with Crippen molar-refractivity contribution in [2.45, 2.75) is 82.9 Å². The molecule has 2 aliphatic heterocycles. The summed E-state index contributed by atoms with van der Waals surface area (Å²) in [6, 6.07) is 3.47. The van der Waals surface area contributed by atoms with Gasteiger partial charge in [-0.2, -0.15) is 0 Å². The number of benzene rings is 1. The lowest BCUT2D eigenvalue weighted by Crippen LogP contribution is -2.53. The predicted molar refractivity (Wildman–Crippen MR) is 147 cm³/mol. The first-order valence-corrected chi connectivity index (χ1v) is 13.9. The van der Waals surface area contributed by atoms with Crippen molar-refractivity contribution in [1.29, 1.82) is 0 Å². The SMILES string of the molecule is CC(C)(C)C[C@@H]1N[C@@H](C(=O)NCC[C@H]2COC(C)(C)O2)[C@H](c2cccc(Cl)c2F)[C@@]1(N)c1ncc(Br)cn1. The number of nitrogens with zero attached hydrogens (tertiary/aromatic N) is 2. The van der Waals surface area contributed by atoms with Crippen LogP contribution in [0.3, 0.4) is 0 Å². The fraction of sp³-hybridized carbons (Fsp3) is 0.593. The molecule has 3 heterocycles. The third-order valence-corrected chi connectivity index (χ3v) is 7.76. The average Bonchev–Trinajstić information content (AvgIpc) is 3.31. The number of hydrogen-bond donors (Lipinski definition) is 3. The predicted octanol–water partition coefficient (Wildman–Crippen LogP) is 4.40. The summed E-state index contributed by atoms with van der Waals surface area (Å²) in [5.41, 5.74) is 6.00. The van der Waals surface area contributed by atoms with E-state index in [1.807, 2.05) is 13.8 Å². The molecule has 0 aliphatic carbocycles. The normalized spacial score (nSPS) is 29.0. The molecule has 1 aromatic carbocycles. The van der Waals surface area contributed by atoms with Gasteiger partial charge in [0.2, 0.25) is 5.91 Å². The van der Waals surface area contributed by atoms with Gasteiger partial charge >= 0.3 is 0 Å². The van der Waals surface area contributed by atoms with Crippen LogP contribution in [0.15, 0.2) is 35.1 Å². The van der Waals surface area contributed by atoms with E-state index in [4.69, 9.17) is 26.8 Å². The van der Waals surface area contributed by atoms with Gasteiger partial charge in [0.05, 0.1) is 28.2 Å². The minimum Gasteiger partial charge on any atom is -0.355 e. The van der Waals surface area contributed by atoms with Crippen molar-refractivity contribution in [2.24, 2.45) is 11.1 Å². The van der Waals surface area contributed by atoms with E-state index in [-0.39, 0.29) is 28.0 Å². The van der Waals surface area contributed by atoms with Crippen molar-refractivity contribution in [2.75, 3.05) is 13.2 Å². The fourth-order valence-electron chi connectivity index (χ4n) is 5.41. The molecule has 2 fully saturated rings. The van der Waals surface area contributed by atoms with E-state index in [0.29, 0.717) is 36.3 Å². The van der Waals surface area contributed by atoms with E-state index in [0.717, 1.165) is 0 Å². The Hall–Kier alpha value is -1.69. The molecular formula is C27H36BrClFN5O3. The zero-order valence-electron chi connectivity index (χ0n) is 22.4. The quantitative estimate of drug-likeness (QED) is 0.425. The van der Waals surface area contributed by atoms with E-state index in [1.165, 1.54) is 6.07 Å². The molecule has 208 valence electrons. The molecule has 11 heteroatoms. The van der Waals surface area contributed by atoms with Crippen LogP contribution in [-0.2, 0) is 19.8 Å². The van der Waals surface area contributed by atoms with Crippen LogP contribution in [0.1, 0.15) is 64.8 Å². The molecule has 38 heavy (non-hydrogen) atoms. The molecule has 0 spiro atoms. The Labute approximate surface area is 236 Å². The molecule has 2 saturated heterocycles. The lowest BCUT2D eigenvalue weighted by molar-refractivity contribution is -0.138. The molecule has 2 aromatic rings.